The zero-order valence-corrected chi connectivity index (χ0v) is 25.4. The zero-order valence-electron chi connectivity index (χ0n) is 23.8. The first-order chi connectivity index (χ1) is 20.2. The van der Waals surface area contributed by atoms with Gasteiger partial charge in [0.25, 0.3) is 10.0 Å². The number of alkyl halides is 3. The zero-order chi connectivity index (χ0) is 31.9. The molecule has 0 aliphatic carbocycles. The Morgan fingerprint density at radius 1 is 1.02 bits per heavy atom. The summed E-state index contributed by atoms with van der Waals surface area (Å²) in [6, 6.07) is 12.4. The molecule has 0 spiro atoms. The number of nitrogens with one attached hydrogen (secondary N) is 1. The molecule has 0 saturated carbocycles. The molecule has 0 aliphatic rings. The largest absolute Gasteiger partial charge is 0.417 e. The maximum absolute atomic E-state index is 14.6. The highest BCUT2D eigenvalue weighted by atomic mass is 35.5. The third kappa shape index (κ3) is 8.47. The van der Waals surface area contributed by atoms with E-state index in [1.807, 2.05) is 6.92 Å². The monoisotopic (exact) mass is 641 g/mol. The van der Waals surface area contributed by atoms with Crippen LogP contribution in [0, 0.1) is 12.7 Å². The van der Waals surface area contributed by atoms with Crippen LogP contribution in [-0.2, 0) is 32.3 Å². The van der Waals surface area contributed by atoms with Gasteiger partial charge in [0.05, 0.1) is 21.2 Å². The fraction of sp³-hybridized carbons (Fsp3) is 0.333. The number of benzene rings is 3. The lowest BCUT2D eigenvalue weighted by Gasteiger charge is -2.32. The Hall–Kier alpha value is -3.64. The molecular formula is C30H32ClF4N3O4S. The Balaban J connectivity index is 2.11. The molecule has 1 atom stereocenters. The van der Waals surface area contributed by atoms with Crippen LogP contribution in [0.3, 0.4) is 0 Å². The van der Waals surface area contributed by atoms with Gasteiger partial charge in [0.2, 0.25) is 11.8 Å². The number of nitrogens with zero attached hydrogens (tertiary/aromatic N) is 2. The van der Waals surface area contributed by atoms with E-state index in [0.29, 0.717) is 23.3 Å². The summed E-state index contributed by atoms with van der Waals surface area (Å²) in [6.45, 7) is 3.98. The highest BCUT2D eigenvalue weighted by Gasteiger charge is 2.37. The number of carbonyl (C=O) groups excluding carboxylic acids is 2. The van der Waals surface area contributed by atoms with Crippen molar-refractivity contribution in [3.8, 4) is 0 Å². The van der Waals surface area contributed by atoms with Gasteiger partial charge in [-0.2, -0.15) is 13.2 Å². The minimum absolute atomic E-state index is 0.0582. The van der Waals surface area contributed by atoms with Gasteiger partial charge in [-0.25, -0.2) is 12.8 Å². The number of unbranched alkanes of at least 4 members (excludes halogenated alkanes) is 1. The van der Waals surface area contributed by atoms with Crippen LogP contribution in [0.1, 0.15) is 43.4 Å². The van der Waals surface area contributed by atoms with Gasteiger partial charge in [-0.3, -0.25) is 13.9 Å². The Morgan fingerprint density at radius 2 is 1.67 bits per heavy atom. The van der Waals surface area contributed by atoms with Crippen LogP contribution in [0.15, 0.2) is 71.6 Å². The molecule has 3 aromatic rings. The van der Waals surface area contributed by atoms with Crippen LogP contribution in [0.25, 0.3) is 0 Å². The molecule has 2 amide bonds. The number of anilines is 1. The number of amides is 2. The molecule has 0 radical (unpaired) electrons. The normalized spacial score (nSPS) is 12.5. The summed E-state index contributed by atoms with van der Waals surface area (Å²) in [5.41, 5.74) is -0.985. The fourth-order valence-electron chi connectivity index (χ4n) is 4.18. The number of rotatable bonds is 12. The second kappa shape index (κ2) is 14.2. The number of hydrogen-bond donors (Lipinski definition) is 1. The van der Waals surface area contributed by atoms with E-state index in [4.69, 9.17) is 11.6 Å². The second-order valence-corrected chi connectivity index (χ2v) is 12.2. The number of carbonyl (C=O) groups is 2. The molecule has 1 N–H and O–H groups in total. The van der Waals surface area contributed by atoms with Crippen LogP contribution in [0.4, 0.5) is 23.2 Å². The van der Waals surface area contributed by atoms with Gasteiger partial charge in [0, 0.05) is 18.7 Å². The smallest absolute Gasteiger partial charge is 0.354 e. The highest BCUT2D eigenvalue weighted by Crippen LogP contribution is 2.38. The summed E-state index contributed by atoms with van der Waals surface area (Å²) in [6.07, 6.45) is -3.46. The van der Waals surface area contributed by atoms with Crippen molar-refractivity contribution in [3.63, 3.8) is 0 Å². The van der Waals surface area contributed by atoms with Gasteiger partial charge in [-0.15, -0.1) is 0 Å². The first-order valence-corrected chi connectivity index (χ1v) is 15.2. The van der Waals surface area contributed by atoms with E-state index >= 15 is 0 Å². The number of sulfonamides is 1. The molecule has 1 unspecified atom stereocenters. The Morgan fingerprint density at radius 3 is 2.28 bits per heavy atom. The number of hydrogen-bond acceptors (Lipinski definition) is 4. The summed E-state index contributed by atoms with van der Waals surface area (Å²) in [4.78, 5) is 27.6. The average Bonchev–Trinajstić information content (AvgIpc) is 2.95. The van der Waals surface area contributed by atoms with E-state index in [0.717, 1.165) is 29.0 Å². The Bertz CT molecular complexity index is 1550. The summed E-state index contributed by atoms with van der Waals surface area (Å²) < 4.78 is 84.1. The van der Waals surface area contributed by atoms with Crippen LogP contribution in [-0.4, -0.2) is 44.3 Å². The standard InChI is InChI=1S/C30H32ClF4N3O4S/c1-4-5-16-36-29(40)21(3)37(18-22-8-6-7-9-27(22)32)28(39)19-38(43(41,42)24-13-10-20(2)11-14-24)23-12-15-26(31)25(17-23)30(33,34)35/h6-15,17,21H,4-5,16,18-19H2,1-3H3,(H,36,40). The molecule has 0 aliphatic heterocycles. The second-order valence-electron chi connectivity index (χ2n) is 9.92. The third-order valence-corrected chi connectivity index (χ3v) is 8.84. The lowest BCUT2D eigenvalue weighted by atomic mass is 10.1. The van der Waals surface area contributed by atoms with Crippen molar-refractivity contribution in [3.05, 3.63) is 94.3 Å². The molecule has 0 heterocycles. The molecule has 232 valence electrons. The van der Waals surface area contributed by atoms with E-state index < -0.39 is 69.2 Å². The Labute approximate surface area is 253 Å². The maximum atomic E-state index is 14.6. The van der Waals surface area contributed by atoms with E-state index in [2.05, 4.69) is 5.32 Å². The van der Waals surface area contributed by atoms with E-state index in [1.165, 1.54) is 55.5 Å². The fourth-order valence-corrected chi connectivity index (χ4v) is 5.81. The minimum Gasteiger partial charge on any atom is -0.354 e. The van der Waals surface area contributed by atoms with Crippen molar-refractivity contribution in [2.24, 2.45) is 0 Å². The van der Waals surface area contributed by atoms with Gasteiger partial charge in [0.15, 0.2) is 0 Å². The lowest BCUT2D eigenvalue weighted by molar-refractivity contribution is -0.139. The maximum Gasteiger partial charge on any atom is 0.417 e. The van der Waals surface area contributed by atoms with Gasteiger partial charge in [0.1, 0.15) is 18.4 Å². The van der Waals surface area contributed by atoms with Crippen LogP contribution in [0.2, 0.25) is 5.02 Å². The lowest BCUT2D eigenvalue weighted by Crippen LogP contribution is -2.51. The molecular weight excluding hydrogens is 610 g/mol. The molecule has 7 nitrogen and oxygen atoms in total. The summed E-state index contributed by atoms with van der Waals surface area (Å²) in [5, 5.41) is 2.04. The predicted octanol–water partition coefficient (Wildman–Crippen LogP) is 6.34. The summed E-state index contributed by atoms with van der Waals surface area (Å²) in [5.74, 6) is -2.16. The quantitative estimate of drug-likeness (QED) is 0.185. The minimum atomic E-state index is -4.92. The van der Waals surface area contributed by atoms with Gasteiger partial charge >= 0.3 is 6.18 Å². The number of aryl methyl sites for hydroxylation is 1. The van der Waals surface area contributed by atoms with Gasteiger partial charge in [-0.1, -0.05) is 60.8 Å². The first-order valence-electron chi connectivity index (χ1n) is 13.4. The molecule has 0 aromatic heterocycles. The van der Waals surface area contributed by atoms with Gasteiger partial charge in [-0.05, 0) is 56.7 Å². The molecule has 43 heavy (non-hydrogen) atoms. The first kappa shape index (κ1) is 33.9. The van der Waals surface area contributed by atoms with Crippen LogP contribution in [0.5, 0.6) is 0 Å². The molecule has 3 rings (SSSR count). The summed E-state index contributed by atoms with van der Waals surface area (Å²) >= 11 is 5.78. The van der Waals surface area contributed by atoms with Crippen LogP contribution >= 0.6 is 11.6 Å². The van der Waals surface area contributed by atoms with E-state index in [-0.39, 0.29) is 10.5 Å². The molecule has 0 bridgehead atoms. The van der Waals surface area contributed by atoms with E-state index in [9.17, 15) is 35.6 Å². The topological polar surface area (TPSA) is 86.8 Å². The van der Waals surface area contributed by atoms with Crippen molar-refractivity contribution in [2.75, 3.05) is 17.4 Å². The summed E-state index contributed by atoms with van der Waals surface area (Å²) in [7, 11) is -4.62. The Kier molecular flexibility index (Phi) is 11.2. The van der Waals surface area contributed by atoms with Crippen molar-refractivity contribution in [1.82, 2.24) is 10.2 Å². The SMILES string of the molecule is CCCCNC(=O)C(C)N(Cc1ccccc1F)C(=O)CN(c1ccc(Cl)c(C(F)(F)F)c1)S(=O)(=O)c1ccc(C)cc1. The molecule has 0 fully saturated rings. The van der Waals surface area contributed by atoms with Gasteiger partial charge < -0.3 is 10.2 Å². The predicted molar refractivity (Wildman–Crippen MR) is 156 cm³/mol. The molecule has 13 heteroatoms. The number of halogens is 5. The van der Waals surface area contributed by atoms with Crippen molar-refractivity contribution >= 4 is 39.1 Å². The average molecular weight is 642 g/mol. The van der Waals surface area contributed by atoms with Crippen molar-refractivity contribution in [2.45, 2.75) is 57.3 Å². The third-order valence-electron chi connectivity index (χ3n) is 6.73. The van der Waals surface area contributed by atoms with E-state index in [1.54, 1.807) is 6.92 Å². The van der Waals surface area contributed by atoms with Crippen LogP contribution < -0.4 is 9.62 Å². The van der Waals surface area contributed by atoms with Crippen molar-refractivity contribution in [1.29, 1.82) is 0 Å². The highest BCUT2D eigenvalue weighted by molar-refractivity contribution is 7.92. The van der Waals surface area contributed by atoms with Crippen molar-refractivity contribution < 1.29 is 35.6 Å². The molecule has 0 saturated heterocycles. The molecule has 3 aromatic carbocycles.